The van der Waals surface area contributed by atoms with Gasteiger partial charge in [-0.1, -0.05) is 17.7 Å². The van der Waals surface area contributed by atoms with Gasteiger partial charge >= 0.3 is 5.97 Å². The van der Waals surface area contributed by atoms with Gasteiger partial charge in [-0.05, 0) is 17.7 Å². The Morgan fingerprint density at radius 2 is 2.33 bits per heavy atom. The SMILES string of the molecule is O=C(O)C1CN(Cc2ccc(O)c(Cl)c2)CCO1. The van der Waals surface area contributed by atoms with Crippen LogP contribution in [0.3, 0.4) is 0 Å². The summed E-state index contributed by atoms with van der Waals surface area (Å²) in [6.07, 6.45) is -0.772. The lowest BCUT2D eigenvalue weighted by Gasteiger charge is -2.30. The molecule has 0 radical (unpaired) electrons. The van der Waals surface area contributed by atoms with Crippen LogP contribution >= 0.6 is 11.6 Å². The Morgan fingerprint density at radius 3 is 3.00 bits per heavy atom. The van der Waals surface area contributed by atoms with Gasteiger partial charge in [0.05, 0.1) is 11.6 Å². The molecular weight excluding hydrogens is 258 g/mol. The number of rotatable bonds is 3. The van der Waals surface area contributed by atoms with Crippen molar-refractivity contribution in [3.8, 4) is 5.75 Å². The molecule has 0 aliphatic carbocycles. The second kappa shape index (κ2) is 5.56. The number of carbonyl (C=O) groups is 1. The van der Waals surface area contributed by atoms with E-state index in [0.717, 1.165) is 5.56 Å². The first-order chi connectivity index (χ1) is 8.56. The summed E-state index contributed by atoms with van der Waals surface area (Å²) in [5, 5.41) is 18.5. The molecule has 1 aromatic carbocycles. The topological polar surface area (TPSA) is 70.0 Å². The highest BCUT2D eigenvalue weighted by Crippen LogP contribution is 2.24. The zero-order valence-electron chi connectivity index (χ0n) is 9.67. The molecule has 1 aliphatic rings. The maximum absolute atomic E-state index is 10.8. The van der Waals surface area contributed by atoms with Gasteiger partial charge in [0.25, 0.3) is 0 Å². The molecule has 0 saturated carbocycles. The average Bonchev–Trinajstić information content (AvgIpc) is 2.34. The van der Waals surface area contributed by atoms with Crippen molar-refractivity contribution in [1.29, 1.82) is 0 Å². The van der Waals surface area contributed by atoms with E-state index in [1.807, 2.05) is 4.90 Å². The average molecular weight is 272 g/mol. The molecule has 1 aliphatic heterocycles. The van der Waals surface area contributed by atoms with Crippen molar-refractivity contribution < 1.29 is 19.7 Å². The van der Waals surface area contributed by atoms with Gasteiger partial charge in [-0.2, -0.15) is 0 Å². The summed E-state index contributed by atoms with van der Waals surface area (Å²) in [4.78, 5) is 12.8. The number of carboxylic acid groups (broad SMARTS) is 1. The fourth-order valence-corrected chi connectivity index (χ4v) is 2.11. The molecule has 1 heterocycles. The monoisotopic (exact) mass is 271 g/mol. The second-order valence-electron chi connectivity index (χ2n) is 4.22. The highest BCUT2D eigenvalue weighted by molar-refractivity contribution is 6.32. The van der Waals surface area contributed by atoms with E-state index in [9.17, 15) is 9.90 Å². The summed E-state index contributed by atoms with van der Waals surface area (Å²) >= 11 is 5.82. The molecule has 0 aromatic heterocycles. The van der Waals surface area contributed by atoms with Gasteiger partial charge in [-0.3, -0.25) is 4.90 Å². The molecule has 6 heteroatoms. The molecule has 1 atom stereocenters. The van der Waals surface area contributed by atoms with Crippen molar-refractivity contribution in [3.63, 3.8) is 0 Å². The third-order valence-corrected chi connectivity index (χ3v) is 3.15. The number of morpholine rings is 1. The van der Waals surface area contributed by atoms with Crippen LogP contribution in [0.25, 0.3) is 0 Å². The molecule has 1 aromatic rings. The Bertz CT molecular complexity index is 452. The first kappa shape index (κ1) is 13.1. The Morgan fingerprint density at radius 1 is 1.56 bits per heavy atom. The van der Waals surface area contributed by atoms with Crippen LogP contribution in [0.15, 0.2) is 18.2 Å². The van der Waals surface area contributed by atoms with Crippen molar-refractivity contribution in [3.05, 3.63) is 28.8 Å². The quantitative estimate of drug-likeness (QED) is 0.868. The standard InChI is InChI=1S/C12H14ClNO4/c13-9-5-8(1-2-10(9)15)6-14-3-4-18-11(7-14)12(16)17/h1-2,5,11,15H,3-4,6-7H2,(H,16,17). The zero-order valence-corrected chi connectivity index (χ0v) is 10.4. The minimum atomic E-state index is -0.941. The lowest BCUT2D eigenvalue weighted by atomic mass is 10.2. The minimum absolute atomic E-state index is 0.0470. The van der Waals surface area contributed by atoms with Crippen LogP contribution in [-0.2, 0) is 16.1 Å². The summed E-state index contributed by atoms with van der Waals surface area (Å²) in [7, 11) is 0. The largest absolute Gasteiger partial charge is 0.506 e. The molecule has 2 N–H and O–H groups in total. The highest BCUT2D eigenvalue weighted by atomic mass is 35.5. The summed E-state index contributed by atoms with van der Waals surface area (Å²) in [5.41, 5.74) is 0.934. The van der Waals surface area contributed by atoms with Gasteiger partial charge in [-0.15, -0.1) is 0 Å². The lowest BCUT2D eigenvalue weighted by Crippen LogP contribution is -2.45. The summed E-state index contributed by atoms with van der Waals surface area (Å²) in [5.74, 6) is -0.894. The van der Waals surface area contributed by atoms with E-state index in [1.54, 1.807) is 12.1 Å². The normalized spacial score (nSPS) is 20.8. The third kappa shape index (κ3) is 3.13. The van der Waals surface area contributed by atoms with E-state index < -0.39 is 12.1 Å². The smallest absolute Gasteiger partial charge is 0.334 e. The molecule has 0 spiro atoms. The van der Waals surface area contributed by atoms with Gasteiger partial charge in [0.2, 0.25) is 0 Å². The van der Waals surface area contributed by atoms with Crippen LogP contribution in [0.5, 0.6) is 5.75 Å². The Balaban J connectivity index is 2.00. The second-order valence-corrected chi connectivity index (χ2v) is 4.63. The van der Waals surface area contributed by atoms with Gasteiger partial charge < -0.3 is 14.9 Å². The number of aliphatic carboxylic acids is 1. The van der Waals surface area contributed by atoms with E-state index in [0.29, 0.717) is 31.3 Å². The number of aromatic hydroxyl groups is 1. The predicted octanol–water partition coefficient (Wildman–Crippen LogP) is 1.33. The van der Waals surface area contributed by atoms with Crippen molar-refractivity contribution >= 4 is 17.6 Å². The minimum Gasteiger partial charge on any atom is -0.506 e. The third-order valence-electron chi connectivity index (χ3n) is 2.84. The molecule has 5 nitrogen and oxygen atoms in total. The molecule has 0 bridgehead atoms. The number of halogens is 1. The Labute approximate surface area is 110 Å². The molecule has 0 amide bonds. The number of carboxylic acids is 1. The van der Waals surface area contributed by atoms with Crippen LogP contribution in [0.1, 0.15) is 5.56 Å². The van der Waals surface area contributed by atoms with Gasteiger partial charge in [0, 0.05) is 19.6 Å². The number of benzene rings is 1. The van der Waals surface area contributed by atoms with E-state index in [-0.39, 0.29) is 5.75 Å². The Kier molecular flexibility index (Phi) is 4.06. The first-order valence-electron chi connectivity index (χ1n) is 5.60. The number of nitrogens with zero attached hydrogens (tertiary/aromatic N) is 1. The van der Waals surface area contributed by atoms with Crippen LogP contribution in [0.4, 0.5) is 0 Å². The molecule has 2 rings (SSSR count). The number of ether oxygens (including phenoxy) is 1. The molecule has 1 fully saturated rings. The van der Waals surface area contributed by atoms with E-state index >= 15 is 0 Å². The van der Waals surface area contributed by atoms with Crippen LogP contribution in [0, 0.1) is 0 Å². The van der Waals surface area contributed by atoms with Crippen LogP contribution in [0.2, 0.25) is 5.02 Å². The predicted molar refractivity (Wildman–Crippen MR) is 65.8 cm³/mol. The zero-order chi connectivity index (χ0) is 13.1. The Hall–Kier alpha value is -1.30. The van der Waals surface area contributed by atoms with Crippen molar-refractivity contribution in [2.24, 2.45) is 0 Å². The number of hydrogen-bond donors (Lipinski definition) is 2. The highest BCUT2D eigenvalue weighted by Gasteiger charge is 2.26. The van der Waals surface area contributed by atoms with Gasteiger partial charge in [-0.25, -0.2) is 4.79 Å². The van der Waals surface area contributed by atoms with Crippen LogP contribution < -0.4 is 0 Å². The number of phenols is 1. The first-order valence-corrected chi connectivity index (χ1v) is 5.98. The van der Waals surface area contributed by atoms with E-state index in [4.69, 9.17) is 21.4 Å². The molecular formula is C12H14ClNO4. The van der Waals surface area contributed by atoms with Crippen LogP contribution in [-0.4, -0.2) is 46.9 Å². The molecule has 1 saturated heterocycles. The lowest BCUT2D eigenvalue weighted by molar-refractivity contribution is -0.156. The van der Waals surface area contributed by atoms with Crippen molar-refractivity contribution in [2.45, 2.75) is 12.6 Å². The van der Waals surface area contributed by atoms with E-state index in [2.05, 4.69) is 0 Å². The fraction of sp³-hybridized carbons (Fsp3) is 0.417. The summed E-state index contributed by atoms with van der Waals surface area (Å²) < 4.78 is 5.14. The van der Waals surface area contributed by atoms with E-state index in [1.165, 1.54) is 6.07 Å². The molecule has 1 unspecified atom stereocenters. The van der Waals surface area contributed by atoms with Crippen molar-refractivity contribution in [2.75, 3.05) is 19.7 Å². The maximum atomic E-state index is 10.8. The fourth-order valence-electron chi connectivity index (χ4n) is 1.90. The summed E-state index contributed by atoms with van der Waals surface area (Å²) in [6.45, 7) is 2.03. The van der Waals surface area contributed by atoms with Gasteiger partial charge in [0.15, 0.2) is 6.10 Å². The number of phenolic OH excluding ortho intramolecular Hbond substituents is 1. The number of hydrogen-bond acceptors (Lipinski definition) is 4. The van der Waals surface area contributed by atoms with Crippen molar-refractivity contribution in [1.82, 2.24) is 4.90 Å². The van der Waals surface area contributed by atoms with Gasteiger partial charge in [0.1, 0.15) is 5.75 Å². The molecule has 18 heavy (non-hydrogen) atoms. The maximum Gasteiger partial charge on any atom is 0.334 e. The summed E-state index contributed by atoms with van der Waals surface area (Å²) in [6, 6.07) is 4.99. The molecule has 98 valence electrons.